The third-order valence-corrected chi connectivity index (χ3v) is 6.94. The van der Waals surface area contributed by atoms with Crippen LogP contribution in [0.4, 0.5) is 27.9 Å². The number of halogens is 1. The van der Waals surface area contributed by atoms with Gasteiger partial charge in [-0.15, -0.1) is 0 Å². The van der Waals surface area contributed by atoms with Crippen molar-refractivity contribution < 1.29 is 9.13 Å². The molecule has 2 heterocycles. The van der Waals surface area contributed by atoms with Crippen LogP contribution in [0.15, 0.2) is 18.2 Å². The summed E-state index contributed by atoms with van der Waals surface area (Å²) in [6.45, 7) is 4.84. The molecule has 8 nitrogen and oxygen atoms in total. The molecule has 1 aromatic heterocycles. The Morgan fingerprint density at radius 2 is 2.03 bits per heavy atom. The van der Waals surface area contributed by atoms with Gasteiger partial charge in [-0.2, -0.15) is 15.0 Å². The van der Waals surface area contributed by atoms with E-state index in [1.807, 2.05) is 11.0 Å². The van der Waals surface area contributed by atoms with Gasteiger partial charge in [-0.1, -0.05) is 26.2 Å². The number of benzene rings is 1. The Morgan fingerprint density at radius 1 is 1.21 bits per heavy atom. The van der Waals surface area contributed by atoms with E-state index < -0.39 is 5.82 Å². The van der Waals surface area contributed by atoms with Gasteiger partial charge in [-0.25, -0.2) is 4.39 Å². The molecule has 0 radical (unpaired) electrons. The predicted molar refractivity (Wildman–Crippen MR) is 129 cm³/mol. The maximum absolute atomic E-state index is 14.7. The first kappa shape index (κ1) is 23.5. The molecule has 180 valence electrons. The molecule has 33 heavy (non-hydrogen) atoms. The minimum absolute atomic E-state index is 0.0841. The summed E-state index contributed by atoms with van der Waals surface area (Å²) in [6, 6.07) is 5.06. The highest BCUT2D eigenvalue weighted by molar-refractivity contribution is 5.61. The summed E-state index contributed by atoms with van der Waals surface area (Å²) in [7, 11) is 1.46. The Bertz CT molecular complexity index is 916. The number of methoxy groups -OCH3 is 1. The van der Waals surface area contributed by atoms with Crippen molar-refractivity contribution in [2.45, 2.75) is 57.9 Å². The van der Waals surface area contributed by atoms with Gasteiger partial charge in [-0.3, -0.25) is 0 Å². The fraction of sp³-hybridized carbons (Fsp3) is 0.625. The minimum atomic E-state index is -0.419. The standard InChI is InChI=1S/C24H36FN7O/c1-3-20(17-11-12-27-15-17)32(18-9-10-21(33-2)19(25)13-18)24-30-22(26)29-23(31-24)28-14-16-7-5-4-6-8-16/h9-10,13,16-17,20,27H,3-8,11-12,14-15H2,1-2H3,(H3,26,28,29,30,31). The monoisotopic (exact) mass is 457 g/mol. The van der Waals surface area contributed by atoms with E-state index in [9.17, 15) is 4.39 Å². The summed E-state index contributed by atoms with van der Waals surface area (Å²) >= 11 is 0. The number of anilines is 4. The highest BCUT2D eigenvalue weighted by Gasteiger charge is 2.32. The van der Waals surface area contributed by atoms with Crippen LogP contribution in [0, 0.1) is 17.7 Å². The van der Waals surface area contributed by atoms with Crippen molar-refractivity contribution in [2.75, 3.05) is 42.7 Å². The third kappa shape index (κ3) is 5.63. The molecule has 9 heteroatoms. The van der Waals surface area contributed by atoms with Crippen molar-refractivity contribution in [3.63, 3.8) is 0 Å². The molecule has 1 saturated carbocycles. The minimum Gasteiger partial charge on any atom is -0.494 e. The van der Waals surface area contributed by atoms with Crippen LogP contribution in [-0.2, 0) is 0 Å². The first-order chi connectivity index (χ1) is 16.1. The van der Waals surface area contributed by atoms with E-state index in [1.165, 1.54) is 45.3 Å². The topological polar surface area (TPSA) is 101 Å². The molecular formula is C24H36FN7O. The molecule has 2 aliphatic rings. The van der Waals surface area contributed by atoms with E-state index >= 15 is 0 Å². The smallest absolute Gasteiger partial charge is 0.236 e. The van der Waals surface area contributed by atoms with Crippen LogP contribution >= 0.6 is 0 Å². The number of ether oxygens (including phenoxy) is 1. The highest BCUT2D eigenvalue weighted by Crippen LogP contribution is 2.35. The molecule has 0 bridgehead atoms. The molecule has 2 atom stereocenters. The molecule has 1 saturated heterocycles. The van der Waals surface area contributed by atoms with Crippen LogP contribution in [0.1, 0.15) is 51.9 Å². The second-order valence-electron chi connectivity index (χ2n) is 9.12. The van der Waals surface area contributed by atoms with Crippen molar-refractivity contribution in [3.8, 4) is 5.75 Å². The van der Waals surface area contributed by atoms with Crippen molar-refractivity contribution in [2.24, 2.45) is 11.8 Å². The Kier molecular flexibility index (Phi) is 7.80. The molecular weight excluding hydrogens is 421 g/mol. The first-order valence-electron chi connectivity index (χ1n) is 12.2. The molecule has 2 unspecified atom stereocenters. The van der Waals surface area contributed by atoms with Gasteiger partial charge in [0.15, 0.2) is 11.6 Å². The molecule has 4 N–H and O–H groups in total. The first-order valence-corrected chi connectivity index (χ1v) is 12.2. The van der Waals surface area contributed by atoms with Crippen molar-refractivity contribution in [3.05, 3.63) is 24.0 Å². The number of nitrogens with two attached hydrogens (primary N) is 1. The van der Waals surface area contributed by atoms with E-state index in [0.717, 1.165) is 32.5 Å². The molecule has 1 aliphatic carbocycles. The van der Waals surface area contributed by atoms with Gasteiger partial charge in [0.1, 0.15) is 0 Å². The van der Waals surface area contributed by atoms with Gasteiger partial charge in [0, 0.05) is 24.3 Å². The SMILES string of the molecule is CCC(C1CCNC1)N(c1ccc(OC)c(F)c1)c1nc(N)nc(NCC2CCCCC2)n1. The molecule has 0 spiro atoms. The molecule has 0 amide bonds. The van der Waals surface area contributed by atoms with Crippen molar-refractivity contribution in [1.82, 2.24) is 20.3 Å². The second kappa shape index (κ2) is 11.0. The number of aromatic nitrogens is 3. The Labute approximate surface area is 195 Å². The van der Waals surface area contributed by atoms with E-state index in [0.29, 0.717) is 29.4 Å². The van der Waals surface area contributed by atoms with Crippen LogP contribution in [0.25, 0.3) is 0 Å². The maximum Gasteiger partial charge on any atom is 0.236 e. The summed E-state index contributed by atoms with van der Waals surface area (Å²) < 4.78 is 19.8. The summed E-state index contributed by atoms with van der Waals surface area (Å²) in [6.07, 6.45) is 8.23. The molecule has 2 aromatic rings. The van der Waals surface area contributed by atoms with E-state index in [2.05, 4.69) is 27.5 Å². The Hall–Kier alpha value is -2.68. The predicted octanol–water partition coefficient (Wildman–Crippen LogP) is 4.12. The van der Waals surface area contributed by atoms with Crippen molar-refractivity contribution >= 4 is 23.5 Å². The van der Waals surface area contributed by atoms with Crippen LogP contribution < -0.4 is 26.0 Å². The second-order valence-corrected chi connectivity index (χ2v) is 9.12. The fourth-order valence-electron chi connectivity index (χ4n) is 5.19. The average molecular weight is 458 g/mol. The normalized spacial score (nSPS) is 19.9. The number of hydrogen-bond acceptors (Lipinski definition) is 8. The van der Waals surface area contributed by atoms with Crippen LogP contribution in [0.5, 0.6) is 5.75 Å². The van der Waals surface area contributed by atoms with E-state index in [4.69, 9.17) is 15.5 Å². The molecule has 4 rings (SSSR count). The van der Waals surface area contributed by atoms with Gasteiger partial charge < -0.3 is 26.0 Å². The van der Waals surface area contributed by atoms with Gasteiger partial charge in [0.2, 0.25) is 17.8 Å². The lowest BCUT2D eigenvalue weighted by molar-refractivity contribution is 0.373. The summed E-state index contributed by atoms with van der Waals surface area (Å²) in [5.74, 6) is 1.87. The van der Waals surface area contributed by atoms with Crippen LogP contribution in [0.3, 0.4) is 0 Å². The number of rotatable bonds is 9. The zero-order chi connectivity index (χ0) is 23.2. The highest BCUT2D eigenvalue weighted by atomic mass is 19.1. The lowest BCUT2D eigenvalue weighted by Gasteiger charge is -2.35. The molecule has 1 aliphatic heterocycles. The number of nitrogen functional groups attached to an aromatic ring is 1. The zero-order valence-corrected chi connectivity index (χ0v) is 19.7. The van der Waals surface area contributed by atoms with Gasteiger partial charge in [0.25, 0.3) is 0 Å². The number of hydrogen-bond donors (Lipinski definition) is 3. The van der Waals surface area contributed by atoms with Gasteiger partial charge in [-0.05, 0) is 62.7 Å². The lowest BCUT2D eigenvalue weighted by atomic mass is 9.89. The summed E-state index contributed by atoms with van der Waals surface area (Å²) in [4.78, 5) is 15.6. The summed E-state index contributed by atoms with van der Waals surface area (Å²) in [5.41, 5.74) is 6.80. The fourth-order valence-corrected chi connectivity index (χ4v) is 5.19. The number of nitrogens with zero attached hydrogens (tertiary/aromatic N) is 4. The van der Waals surface area contributed by atoms with Crippen LogP contribution in [0.2, 0.25) is 0 Å². The molecule has 2 fully saturated rings. The van der Waals surface area contributed by atoms with Gasteiger partial charge in [0.05, 0.1) is 7.11 Å². The number of nitrogens with one attached hydrogen (secondary N) is 2. The maximum atomic E-state index is 14.7. The Balaban J connectivity index is 1.66. The Morgan fingerprint density at radius 3 is 2.70 bits per heavy atom. The average Bonchev–Trinajstić information content (AvgIpc) is 3.36. The van der Waals surface area contributed by atoms with Gasteiger partial charge >= 0.3 is 0 Å². The van der Waals surface area contributed by atoms with Crippen LogP contribution in [-0.4, -0.2) is 47.7 Å². The van der Waals surface area contributed by atoms with Crippen molar-refractivity contribution in [1.29, 1.82) is 0 Å². The van der Waals surface area contributed by atoms with E-state index in [-0.39, 0.29) is 17.7 Å². The lowest BCUT2D eigenvalue weighted by Crippen LogP contribution is -2.39. The largest absolute Gasteiger partial charge is 0.494 e. The quantitative estimate of drug-likeness (QED) is 0.517. The van der Waals surface area contributed by atoms with E-state index in [1.54, 1.807) is 6.07 Å². The zero-order valence-electron chi connectivity index (χ0n) is 19.7. The summed E-state index contributed by atoms with van der Waals surface area (Å²) in [5, 5.41) is 6.83. The third-order valence-electron chi connectivity index (χ3n) is 6.94. The molecule has 1 aromatic carbocycles.